The van der Waals surface area contributed by atoms with Crippen molar-refractivity contribution in [1.29, 1.82) is 0 Å². The Labute approximate surface area is 104 Å². The molecule has 0 radical (unpaired) electrons. The molecule has 0 aromatic rings. The predicted molar refractivity (Wildman–Crippen MR) is 68.9 cm³/mol. The first-order valence-corrected chi connectivity index (χ1v) is 6.16. The molecule has 0 spiro atoms. The third-order valence-corrected chi connectivity index (χ3v) is 2.97. The van der Waals surface area contributed by atoms with E-state index in [0.29, 0.717) is 6.54 Å². The summed E-state index contributed by atoms with van der Waals surface area (Å²) in [7, 11) is 1.76. The van der Waals surface area contributed by atoms with E-state index in [2.05, 4.69) is 29.4 Å². The predicted octanol–water partition coefficient (Wildman–Crippen LogP) is 0.00990. The second kappa shape index (κ2) is 8.20. The van der Waals surface area contributed by atoms with E-state index in [0.717, 1.165) is 13.1 Å². The van der Waals surface area contributed by atoms with Gasteiger partial charge in [0.1, 0.15) is 0 Å². The molecule has 5 heteroatoms. The Kier molecular flexibility index (Phi) is 7.74. The Morgan fingerprint density at radius 3 is 2.12 bits per heavy atom. The van der Waals surface area contributed by atoms with E-state index in [9.17, 15) is 9.59 Å². The van der Waals surface area contributed by atoms with Crippen LogP contribution >= 0.6 is 0 Å². The van der Waals surface area contributed by atoms with Crippen LogP contribution in [0.1, 0.15) is 27.7 Å². The van der Waals surface area contributed by atoms with Crippen LogP contribution in [0.5, 0.6) is 0 Å². The molecular weight excluding hydrogens is 218 g/mol. The molecule has 0 bridgehead atoms. The largest absolute Gasteiger partial charge is 0.345 e. The highest BCUT2D eigenvalue weighted by molar-refractivity contribution is 5.89. The normalized spacial score (nSPS) is 14.5. The summed E-state index contributed by atoms with van der Waals surface area (Å²) in [6.45, 7) is 9.77. The molecule has 17 heavy (non-hydrogen) atoms. The molecule has 0 saturated heterocycles. The first-order valence-electron chi connectivity index (χ1n) is 6.16. The third-order valence-electron chi connectivity index (χ3n) is 2.97. The first kappa shape index (κ1) is 16.1. The molecule has 0 aliphatic rings. The lowest BCUT2D eigenvalue weighted by molar-refractivity contribution is -0.128. The van der Waals surface area contributed by atoms with Crippen LogP contribution in [0.2, 0.25) is 0 Å². The van der Waals surface area contributed by atoms with Crippen LogP contribution in [0, 0.1) is 0 Å². The van der Waals surface area contributed by atoms with Gasteiger partial charge in [-0.1, -0.05) is 13.8 Å². The zero-order valence-corrected chi connectivity index (χ0v) is 11.5. The minimum atomic E-state index is -0.421. The van der Waals surface area contributed by atoms with Gasteiger partial charge in [0.05, 0.1) is 12.1 Å². The summed E-state index contributed by atoms with van der Waals surface area (Å²) in [6, 6.07) is -0.702. The van der Waals surface area contributed by atoms with Crippen LogP contribution < -0.4 is 10.6 Å². The Morgan fingerprint density at radius 1 is 1.24 bits per heavy atom. The van der Waals surface area contributed by atoms with Crippen molar-refractivity contribution in [3.8, 4) is 0 Å². The minimum Gasteiger partial charge on any atom is -0.345 e. The zero-order chi connectivity index (χ0) is 13.4. The maximum atomic E-state index is 11.9. The highest BCUT2D eigenvalue weighted by atomic mass is 16.2. The van der Waals surface area contributed by atoms with E-state index in [4.69, 9.17) is 0 Å². The number of hydrogen-bond acceptors (Lipinski definition) is 4. The lowest BCUT2D eigenvalue weighted by Gasteiger charge is -2.25. The van der Waals surface area contributed by atoms with Crippen molar-refractivity contribution < 1.29 is 9.59 Å². The van der Waals surface area contributed by atoms with Gasteiger partial charge in [0.15, 0.2) is 5.78 Å². The van der Waals surface area contributed by atoms with Crippen molar-refractivity contribution in [2.24, 2.45) is 0 Å². The number of amides is 1. The van der Waals surface area contributed by atoms with Crippen molar-refractivity contribution in [2.75, 3.05) is 26.7 Å². The number of ketones is 1. The monoisotopic (exact) mass is 243 g/mol. The van der Waals surface area contributed by atoms with Gasteiger partial charge in [-0.2, -0.15) is 0 Å². The van der Waals surface area contributed by atoms with Crippen LogP contribution in [0.15, 0.2) is 0 Å². The number of nitrogens with one attached hydrogen (secondary N) is 2. The number of Topliss-reactive ketones (excluding diaryl/α,β-unsaturated/α-hetero) is 1. The molecule has 2 N–H and O–H groups in total. The molecule has 5 nitrogen and oxygen atoms in total. The fourth-order valence-electron chi connectivity index (χ4n) is 1.46. The first-order chi connectivity index (χ1) is 7.96. The zero-order valence-electron chi connectivity index (χ0n) is 11.5. The highest BCUT2D eigenvalue weighted by Crippen LogP contribution is 1.94. The maximum absolute atomic E-state index is 11.9. The van der Waals surface area contributed by atoms with Crippen LogP contribution in [0.3, 0.4) is 0 Å². The van der Waals surface area contributed by atoms with Gasteiger partial charge in [-0.25, -0.2) is 0 Å². The molecule has 1 amide bonds. The number of hydrogen-bond donors (Lipinski definition) is 2. The fraction of sp³-hybridized carbons (Fsp3) is 0.833. The molecule has 0 aliphatic heterocycles. The highest BCUT2D eigenvalue weighted by Gasteiger charge is 2.21. The lowest BCUT2D eigenvalue weighted by Crippen LogP contribution is -2.52. The summed E-state index contributed by atoms with van der Waals surface area (Å²) in [4.78, 5) is 25.1. The molecular formula is C12H25N3O2. The van der Waals surface area contributed by atoms with Crippen molar-refractivity contribution in [3.05, 3.63) is 0 Å². The number of rotatable bonds is 8. The molecule has 2 unspecified atom stereocenters. The van der Waals surface area contributed by atoms with E-state index in [1.54, 1.807) is 14.0 Å². The van der Waals surface area contributed by atoms with E-state index in [1.807, 2.05) is 0 Å². The summed E-state index contributed by atoms with van der Waals surface area (Å²) in [5.41, 5.74) is 0. The molecule has 0 fully saturated rings. The SMILES string of the molecule is CCN(CC)CC(NC)C(=O)NC(C)C(C)=O. The molecule has 0 rings (SSSR count). The molecule has 100 valence electrons. The van der Waals surface area contributed by atoms with Crippen molar-refractivity contribution in [1.82, 2.24) is 15.5 Å². The van der Waals surface area contributed by atoms with Gasteiger partial charge in [-0.05, 0) is 34.0 Å². The fourth-order valence-corrected chi connectivity index (χ4v) is 1.46. The number of likely N-dealkylation sites (N-methyl/N-ethyl adjacent to an activating group) is 2. The van der Waals surface area contributed by atoms with Crippen molar-refractivity contribution in [2.45, 2.75) is 39.8 Å². The van der Waals surface area contributed by atoms with Gasteiger partial charge in [0, 0.05) is 6.54 Å². The number of carbonyl (C=O) groups is 2. The van der Waals surface area contributed by atoms with Gasteiger partial charge in [-0.15, -0.1) is 0 Å². The third kappa shape index (κ3) is 5.79. The molecule has 0 saturated carbocycles. The quantitative estimate of drug-likeness (QED) is 0.630. The summed E-state index contributed by atoms with van der Waals surface area (Å²) in [5.74, 6) is -0.154. The molecule has 0 aromatic carbocycles. The van der Waals surface area contributed by atoms with Crippen LogP contribution in [-0.4, -0.2) is 55.4 Å². The van der Waals surface area contributed by atoms with E-state index in [-0.39, 0.29) is 17.7 Å². The van der Waals surface area contributed by atoms with Crippen LogP contribution in [0.4, 0.5) is 0 Å². The smallest absolute Gasteiger partial charge is 0.239 e. The molecule has 0 aromatic heterocycles. The van der Waals surface area contributed by atoms with Gasteiger partial charge in [-0.3, -0.25) is 9.59 Å². The average Bonchev–Trinajstić information content (AvgIpc) is 2.30. The number of carbonyl (C=O) groups excluding carboxylic acids is 2. The van der Waals surface area contributed by atoms with Crippen LogP contribution in [-0.2, 0) is 9.59 Å². The summed E-state index contributed by atoms with van der Waals surface area (Å²) in [5, 5.41) is 5.69. The Balaban J connectivity index is 4.35. The maximum Gasteiger partial charge on any atom is 0.239 e. The van der Waals surface area contributed by atoms with Crippen molar-refractivity contribution >= 4 is 11.7 Å². The van der Waals surface area contributed by atoms with E-state index >= 15 is 0 Å². The summed E-state index contributed by atoms with van der Waals surface area (Å²) < 4.78 is 0. The van der Waals surface area contributed by atoms with Gasteiger partial charge in [0.2, 0.25) is 5.91 Å². The minimum absolute atomic E-state index is 0.0314. The molecule has 0 aliphatic carbocycles. The molecule has 2 atom stereocenters. The van der Waals surface area contributed by atoms with Crippen molar-refractivity contribution in [3.63, 3.8) is 0 Å². The molecule has 0 heterocycles. The second-order valence-corrected chi connectivity index (χ2v) is 4.17. The average molecular weight is 243 g/mol. The van der Waals surface area contributed by atoms with E-state index < -0.39 is 6.04 Å². The topological polar surface area (TPSA) is 61.4 Å². The van der Waals surface area contributed by atoms with Gasteiger partial charge < -0.3 is 15.5 Å². The van der Waals surface area contributed by atoms with E-state index in [1.165, 1.54) is 6.92 Å². The second-order valence-electron chi connectivity index (χ2n) is 4.17. The Morgan fingerprint density at radius 2 is 1.76 bits per heavy atom. The summed E-state index contributed by atoms with van der Waals surface area (Å²) in [6.07, 6.45) is 0. The summed E-state index contributed by atoms with van der Waals surface area (Å²) >= 11 is 0. The lowest BCUT2D eigenvalue weighted by atomic mass is 10.2. The van der Waals surface area contributed by atoms with Gasteiger partial charge in [0.25, 0.3) is 0 Å². The standard InChI is InChI=1S/C12H25N3O2/c1-6-15(7-2)8-11(13-5)12(17)14-9(3)10(4)16/h9,11,13H,6-8H2,1-5H3,(H,14,17). The number of nitrogens with zero attached hydrogens (tertiary/aromatic N) is 1. The Hall–Kier alpha value is -0.940. The van der Waals surface area contributed by atoms with Gasteiger partial charge >= 0.3 is 0 Å². The van der Waals surface area contributed by atoms with Crippen LogP contribution in [0.25, 0.3) is 0 Å². The Bertz CT molecular complexity index is 252.